The van der Waals surface area contributed by atoms with E-state index in [1.54, 1.807) is 6.20 Å². The number of rotatable bonds is 6. The van der Waals surface area contributed by atoms with Crippen molar-refractivity contribution in [3.63, 3.8) is 0 Å². The Labute approximate surface area is 141 Å². The van der Waals surface area contributed by atoms with E-state index in [9.17, 15) is 4.39 Å². The van der Waals surface area contributed by atoms with Gasteiger partial charge in [-0.2, -0.15) is 5.26 Å². The zero-order valence-electron chi connectivity index (χ0n) is 13.3. The number of aromatic nitrogens is 2. The Hall–Kier alpha value is -2.93. The van der Waals surface area contributed by atoms with E-state index in [1.807, 2.05) is 42.6 Å². The Morgan fingerprint density at radius 2 is 1.67 bits per heavy atom. The second-order valence-electron chi connectivity index (χ2n) is 5.71. The molecular formula is C20H18FN3. The summed E-state index contributed by atoms with van der Waals surface area (Å²) in [6, 6.07) is 16.3. The third kappa shape index (κ3) is 3.88. The van der Waals surface area contributed by atoms with E-state index in [0.29, 0.717) is 5.56 Å². The first-order valence-corrected chi connectivity index (χ1v) is 8.03. The van der Waals surface area contributed by atoms with Gasteiger partial charge in [-0.25, -0.2) is 9.37 Å². The van der Waals surface area contributed by atoms with Crippen molar-refractivity contribution >= 4 is 0 Å². The SMILES string of the molecule is N#Cc1ccc(-n2ccnc2CCCCc2ccc(F)cc2)cc1. The van der Waals surface area contributed by atoms with Crippen molar-refractivity contribution in [3.05, 3.63) is 83.7 Å². The fourth-order valence-corrected chi connectivity index (χ4v) is 2.71. The number of halogens is 1. The van der Waals surface area contributed by atoms with E-state index in [0.717, 1.165) is 42.8 Å². The van der Waals surface area contributed by atoms with Crippen LogP contribution in [0.3, 0.4) is 0 Å². The summed E-state index contributed by atoms with van der Waals surface area (Å²) < 4.78 is 14.9. The smallest absolute Gasteiger partial charge is 0.123 e. The van der Waals surface area contributed by atoms with Crippen LogP contribution in [0.4, 0.5) is 4.39 Å². The molecule has 0 spiro atoms. The molecule has 0 aliphatic heterocycles. The van der Waals surface area contributed by atoms with Gasteiger partial charge in [0.2, 0.25) is 0 Å². The fraction of sp³-hybridized carbons (Fsp3) is 0.200. The lowest BCUT2D eigenvalue weighted by Crippen LogP contribution is -2.01. The summed E-state index contributed by atoms with van der Waals surface area (Å²) in [5, 5.41) is 8.88. The Balaban J connectivity index is 1.57. The summed E-state index contributed by atoms with van der Waals surface area (Å²) in [5.41, 5.74) is 2.83. The standard InChI is InChI=1S/C20H18FN3/c21-18-9-5-16(6-10-18)3-1-2-4-20-23-13-14-24(20)19-11-7-17(15-22)8-12-19/h5-14H,1-4H2. The first kappa shape index (κ1) is 15.9. The molecule has 0 aliphatic rings. The van der Waals surface area contributed by atoms with Crippen molar-refractivity contribution in [1.82, 2.24) is 9.55 Å². The first-order valence-electron chi connectivity index (χ1n) is 8.03. The Kier molecular flexibility index (Phi) is 5.02. The highest BCUT2D eigenvalue weighted by molar-refractivity contribution is 5.40. The van der Waals surface area contributed by atoms with Gasteiger partial charge in [0.1, 0.15) is 11.6 Å². The van der Waals surface area contributed by atoms with Crippen molar-refractivity contribution in [2.45, 2.75) is 25.7 Å². The maximum Gasteiger partial charge on any atom is 0.123 e. The van der Waals surface area contributed by atoms with Gasteiger partial charge >= 0.3 is 0 Å². The number of nitrogens with zero attached hydrogens (tertiary/aromatic N) is 3. The van der Waals surface area contributed by atoms with Gasteiger partial charge in [0, 0.05) is 24.5 Å². The van der Waals surface area contributed by atoms with E-state index in [4.69, 9.17) is 5.26 Å². The zero-order valence-corrected chi connectivity index (χ0v) is 13.3. The highest BCUT2D eigenvalue weighted by atomic mass is 19.1. The third-order valence-corrected chi connectivity index (χ3v) is 4.02. The van der Waals surface area contributed by atoms with E-state index in [2.05, 4.69) is 15.6 Å². The lowest BCUT2D eigenvalue weighted by atomic mass is 10.1. The van der Waals surface area contributed by atoms with Crippen LogP contribution >= 0.6 is 0 Å². The fourth-order valence-electron chi connectivity index (χ4n) is 2.71. The third-order valence-electron chi connectivity index (χ3n) is 4.02. The van der Waals surface area contributed by atoms with Gasteiger partial charge in [0.15, 0.2) is 0 Å². The largest absolute Gasteiger partial charge is 0.304 e. The van der Waals surface area contributed by atoms with Crippen LogP contribution in [0.15, 0.2) is 60.9 Å². The van der Waals surface area contributed by atoms with Crippen molar-refractivity contribution in [2.24, 2.45) is 0 Å². The zero-order chi connectivity index (χ0) is 16.8. The van der Waals surface area contributed by atoms with E-state index in [1.165, 1.54) is 12.1 Å². The van der Waals surface area contributed by atoms with Crippen molar-refractivity contribution < 1.29 is 4.39 Å². The van der Waals surface area contributed by atoms with Crippen LogP contribution in [0.2, 0.25) is 0 Å². The summed E-state index contributed by atoms with van der Waals surface area (Å²) in [4.78, 5) is 4.44. The lowest BCUT2D eigenvalue weighted by Gasteiger charge is -2.08. The number of aryl methyl sites for hydroxylation is 2. The molecule has 0 N–H and O–H groups in total. The van der Waals surface area contributed by atoms with Crippen molar-refractivity contribution in [1.29, 1.82) is 5.26 Å². The summed E-state index contributed by atoms with van der Waals surface area (Å²) in [5.74, 6) is 0.821. The number of nitriles is 1. The number of unbranched alkanes of at least 4 members (excludes halogenated alkanes) is 1. The van der Waals surface area contributed by atoms with Crippen LogP contribution in [0.25, 0.3) is 5.69 Å². The molecule has 0 amide bonds. The van der Waals surface area contributed by atoms with Gasteiger partial charge in [0.05, 0.1) is 11.6 Å². The van der Waals surface area contributed by atoms with Crippen molar-refractivity contribution in [3.8, 4) is 11.8 Å². The molecule has 3 aromatic rings. The summed E-state index contributed by atoms with van der Waals surface area (Å²) in [7, 11) is 0. The minimum Gasteiger partial charge on any atom is -0.304 e. The molecule has 0 saturated heterocycles. The highest BCUT2D eigenvalue weighted by Gasteiger charge is 2.05. The van der Waals surface area contributed by atoms with Crippen LogP contribution in [-0.4, -0.2) is 9.55 Å². The molecule has 0 aliphatic carbocycles. The highest BCUT2D eigenvalue weighted by Crippen LogP contribution is 2.14. The number of imidazole rings is 1. The maximum absolute atomic E-state index is 12.9. The summed E-state index contributed by atoms with van der Waals surface area (Å²) in [6.07, 6.45) is 7.62. The Morgan fingerprint density at radius 3 is 2.38 bits per heavy atom. The van der Waals surface area contributed by atoms with Crippen molar-refractivity contribution in [2.75, 3.05) is 0 Å². The second-order valence-corrected chi connectivity index (χ2v) is 5.71. The monoisotopic (exact) mass is 319 g/mol. The van der Waals surface area contributed by atoms with E-state index < -0.39 is 0 Å². The lowest BCUT2D eigenvalue weighted by molar-refractivity contribution is 0.626. The Morgan fingerprint density at radius 1 is 0.958 bits per heavy atom. The maximum atomic E-state index is 12.9. The number of hydrogen-bond donors (Lipinski definition) is 0. The molecule has 0 bridgehead atoms. The molecule has 0 radical (unpaired) electrons. The van der Waals surface area contributed by atoms with Crippen LogP contribution < -0.4 is 0 Å². The second kappa shape index (κ2) is 7.56. The van der Waals surface area contributed by atoms with Gasteiger partial charge < -0.3 is 4.57 Å². The average molecular weight is 319 g/mol. The molecule has 0 atom stereocenters. The predicted octanol–water partition coefficient (Wildman–Crippen LogP) is 4.45. The molecule has 120 valence electrons. The van der Waals surface area contributed by atoms with E-state index >= 15 is 0 Å². The van der Waals surface area contributed by atoms with E-state index in [-0.39, 0.29) is 5.82 Å². The average Bonchev–Trinajstić information content (AvgIpc) is 3.09. The molecule has 2 aromatic carbocycles. The van der Waals surface area contributed by atoms with Crippen LogP contribution in [0.1, 0.15) is 29.8 Å². The minimum absolute atomic E-state index is 0.191. The molecular weight excluding hydrogens is 301 g/mol. The van der Waals surface area contributed by atoms with Gasteiger partial charge in [-0.1, -0.05) is 12.1 Å². The van der Waals surface area contributed by atoms with Crippen LogP contribution in [0, 0.1) is 17.1 Å². The van der Waals surface area contributed by atoms with Gasteiger partial charge in [-0.05, 0) is 61.2 Å². The molecule has 0 saturated carbocycles. The molecule has 4 heteroatoms. The molecule has 3 rings (SSSR count). The van der Waals surface area contributed by atoms with Gasteiger partial charge in [-0.15, -0.1) is 0 Å². The molecule has 1 aromatic heterocycles. The minimum atomic E-state index is -0.191. The summed E-state index contributed by atoms with van der Waals surface area (Å²) >= 11 is 0. The topological polar surface area (TPSA) is 41.6 Å². The molecule has 0 fully saturated rings. The normalized spacial score (nSPS) is 10.5. The van der Waals surface area contributed by atoms with Crippen LogP contribution in [0.5, 0.6) is 0 Å². The first-order chi connectivity index (χ1) is 11.8. The number of hydrogen-bond acceptors (Lipinski definition) is 2. The number of benzene rings is 2. The molecule has 0 unspecified atom stereocenters. The molecule has 1 heterocycles. The van der Waals surface area contributed by atoms with Crippen LogP contribution in [-0.2, 0) is 12.8 Å². The summed E-state index contributed by atoms with van der Waals surface area (Å²) in [6.45, 7) is 0. The quantitative estimate of drug-likeness (QED) is 0.630. The van der Waals surface area contributed by atoms with Gasteiger partial charge in [0.25, 0.3) is 0 Å². The predicted molar refractivity (Wildman–Crippen MR) is 91.3 cm³/mol. The molecule has 24 heavy (non-hydrogen) atoms. The molecule has 3 nitrogen and oxygen atoms in total. The van der Waals surface area contributed by atoms with Gasteiger partial charge in [-0.3, -0.25) is 0 Å². The Bertz CT molecular complexity index is 827.